The Labute approximate surface area is 153 Å². The summed E-state index contributed by atoms with van der Waals surface area (Å²) in [7, 11) is -3.60. The van der Waals surface area contributed by atoms with Crippen LogP contribution in [0, 0.1) is 5.82 Å². The molecule has 0 spiro atoms. The molecular formula is C19H23FN2O3S. The van der Waals surface area contributed by atoms with Gasteiger partial charge in [0.1, 0.15) is 12.4 Å². The van der Waals surface area contributed by atoms with Gasteiger partial charge in [0, 0.05) is 6.54 Å². The number of hydrogen-bond donors (Lipinski definition) is 1. The third-order valence-corrected chi connectivity index (χ3v) is 5.14. The number of aryl methyl sites for hydroxylation is 1. The number of benzene rings is 2. The molecule has 0 saturated carbocycles. The number of rotatable bonds is 8. The number of amides is 1. The molecule has 140 valence electrons. The van der Waals surface area contributed by atoms with Crippen LogP contribution in [0.3, 0.4) is 0 Å². The van der Waals surface area contributed by atoms with Crippen molar-refractivity contribution < 1.29 is 17.6 Å². The number of carbonyl (C=O) groups is 1. The quantitative estimate of drug-likeness (QED) is 0.768. The lowest BCUT2D eigenvalue weighted by molar-refractivity contribution is -0.119. The number of anilines is 1. The molecule has 7 heteroatoms. The molecule has 0 aliphatic rings. The molecule has 0 atom stereocenters. The first-order chi connectivity index (χ1) is 12.3. The van der Waals surface area contributed by atoms with Crippen molar-refractivity contribution in [1.29, 1.82) is 0 Å². The maximum Gasteiger partial charge on any atom is 0.240 e. The zero-order valence-electron chi connectivity index (χ0n) is 14.9. The summed E-state index contributed by atoms with van der Waals surface area (Å²) in [5, 5.41) is 2.64. The number of nitrogens with one attached hydrogen (secondary N) is 1. The van der Waals surface area contributed by atoms with Crippen molar-refractivity contribution in [3.63, 3.8) is 0 Å². The molecule has 26 heavy (non-hydrogen) atoms. The van der Waals surface area contributed by atoms with Gasteiger partial charge in [-0.15, -0.1) is 0 Å². The van der Waals surface area contributed by atoms with Crippen LogP contribution in [0.15, 0.2) is 48.5 Å². The third-order valence-electron chi connectivity index (χ3n) is 3.99. The highest BCUT2D eigenvalue weighted by atomic mass is 32.2. The van der Waals surface area contributed by atoms with Gasteiger partial charge >= 0.3 is 0 Å². The first-order valence-corrected chi connectivity index (χ1v) is 10.2. The Hall–Kier alpha value is -2.41. The third kappa shape index (κ3) is 5.56. The normalized spacial score (nSPS) is 11.2. The van der Waals surface area contributed by atoms with Crippen LogP contribution in [0.25, 0.3) is 0 Å². The molecule has 2 aromatic carbocycles. The fraction of sp³-hybridized carbons (Fsp3) is 0.316. The predicted molar refractivity (Wildman–Crippen MR) is 101 cm³/mol. The van der Waals surface area contributed by atoms with Crippen molar-refractivity contribution >= 4 is 21.6 Å². The molecule has 0 bridgehead atoms. The summed E-state index contributed by atoms with van der Waals surface area (Å²) in [6.45, 7) is 1.92. The van der Waals surface area contributed by atoms with Gasteiger partial charge in [-0.1, -0.05) is 37.3 Å². The van der Waals surface area contributed by atoms with E-state index in [4.69, 9.17) is 0 Å². The molecule has 0 aromatic heterocycles. The van der Waals surface area contributed by atoms with Crippen LogP contribution in [0.1, 0.15) is 18.1 Å². The Morgan fingerprint density at radius 1 is 1.12 bits per heavy atom. The van der Waals surface area contributed by atoms with Crippen molar-refractivity contribution in [2.45, 2.75) is 19.8 Å². The van der Waals surface area contributed by atoms with Crippen molar-refractivity contribution in [2.24, 2.45) is 0 Å². The monoisotopic (exact) mass is 378 g/mol. The Kier molecular flexibility index (Phi) is 6.74. The zero-order valence-corrected chi connectivity index (χ0v) is 15.7. The summed E-state index contributed by atoms with van der Waals surface area (Å²) in [6.07, 6.45) is 2.24. The lowest BCUT2D eigenvalue weighted by Gasteiger charge is -2.22. The van der Waals surface area contributed by atoms with Gasteiger partial charge in [-0.25, -0.2) is 12.8 Å². The highest BCUT2D eigenvalue weighted by Gasteiger charge is 2.20. The van der Waals surface area contributed by atoms with Crippen molar-refractivity contribution in [3.05, 3.63) is 65.5 Å². The van der Waals surface area contributed by atoms with E-state index in [0.29, 0.717) is 17.7 Å². The van der Waals surface area contributed by atoms with Crippen molar-refractivity contribution in [3.8, 4) is 0 Å². The number of halogens is 1. The Bertz CT molecular complexity index is 851. The van der Waals surface area contributed by atoms with Gasteiger partial charge in [0.25, 0.3) is 0 Å². The summed E-state index contributed by atoms with van der Waals surface area (Å²) < 4.78 is 38.7. The minimum atomic E-state index is -3.60. The Morgan fingerprint density at radius 3 is 2.35 bits per heavy atom. The fourth-order valence-electron chi connectivity index (χ4n) is 2.52. The van der Waals surface area contributed by atoms with Crippen LogP contribution in [0.5, 0.6) is 0 Å². The van der Waals surface area contributed by atoms with E-state index in [9.17, 15) is 17.6 Å². The number of carbonyl (C=O) groups excluding carboxylic acids is 1. The van der Waals surface area contributed by atoms with Gasteiger partial charge in [0.2, 0.25) is 15.9 Å². The van der Waals surface area contributed by atoms with Crippen LogP contribution < -0.4 is 9.62 Å². The highest BCUT2D eigenvalue weighted by Crippen LogP contribution is 2.18. The first-order valence-electron chi connectivity index (χ1n) is 8.38. The largest absolute Gasteiger partial charge is 0.354 e. The van der Waals surface area contributed by atoms with E-state index in [1.807, 2.05) is 19.1 Å². The minimum absolute atomic E-state index is 0.228. The molecule has 2 rings (SSSR count). The second-order valence-electron chi connectivity index (χ2n) is 5.98. The highest BCUT2D eigenvalue weighted by molar-refractivity contribution is 7.92. The summed E-state index contributed by atoms with van der Waals surface area (Å²) in [6, 6.07) is 13.4. The molecule has 0 aliphatic carbocycles. The summed E-state index contributed by atoms with van der Waals surface area (Å²) in [4.78, 5) is 12.2. The van der Waals surface area contributed by atoms with Gasteiger partial charge in [-0.2, -0.15) is 0 Å². The number of hydrogen-bond acceptors (Lipinski definition) is 3. The van der Waals surface area contributed by atoms with Crippen LogP contribution in [-0.4, -0.2) is 33.7 Å². The maximum absolute atomic E-state index is 13.6. The SMILES string of the molecule is CCc1ccc(N(CC(=O)NCCc2ccccc2F)S(C)(=O)=O)cc1. The van der Waals surface area contributed by atoms with E-state index in [0.717, 1.165) is 22.5 Å². The molecule has 1 amide bonds. The molecule has 0 radical (unpaired) electrons. The van der Waals surface area contributed by atoms with Crippen LogP contribution in [-0.2, 0) is 27.7 Å². The van der Waals surface area contributed by atoms with E-state index in [2.05, 4.69) is 5.32 Å². The second-order valence-corrected chi connectivity index (χ2v) is 7.89. The molecule has 2 aromatic rings. The summed E-state index contributed by atoms with van der Waals surface area (Å²) in [5.74, 6) is -0.762. The van der Waals surface area contributed by atoms with Gasteiger partial charge in [-0.3, -0.25) is 9.10 Å². The van der Waals surface area contributed by atoms with E-state index in [-0.39, 0.29) is 18.9 Å². The summed E-state index contributed by atoms with van der Waals surface area (Å²) in [5.41, 5.74) is 2.02. The molecule has 0 heterocycles. The molecule has 0 saturated heterocycles. The van der Waals surface area contributed by atoms with Gasteiger partial charge in [0.15, 0.2) is 0 Å². The van der Waals surface area contributed by atoms with E-state index in [1.165, 1.54) is 6.07 Å². The lowest BCUT2D eigenvalue weighted by Crippen LogP contribution is -2.41. The average molecular weight is 378 g/mol. The van der Waals surface area contributed by atoms with E-state index >= 15 is 0 Å². The van der Waals surface area contributed by atoms with Gasteiger partial charge in [-0.05, 0) is 42.2 Å². The lowest BCUT2D eigenvalue weighted by atomic mass is 10.1. The average Bonchev–Trinajstić information content (AvgIpc) is 2.60. The van der Waals surface area contributed by atoms with Crippen molar-refractivity contribution in [1.82, 2.24) is 5.32 Å². The maximum atomic E-state index is 13.6. The molecule has 0 unspecified atom stereocenters. The number of nitrogens with zero attached hydrogens (tertiary/aromatic N) is 1. The zero-order chi connectivity index (χ0) is 19.2. The molecule has 1 N–H and O–H groups in total. The minimum Gasteiger partial charge on any atom is -0.354 e. The molecular weight excluding hydrogens is 355 g/mol. The first kappa shape index (κ1) is 19.9. The van der Waals surface area contributed by atoms with E-state index < -0.39 is 15.9 Å². The van der Waals surface area contributed by atoms with Gasteiger partial charge in [0.05, 0.1) is 11.9 Å². The Morgan fingerprint density at radius 2 is 1.77 bits per heavy atom. The topological polar surface area (TPSA) is 66.5 Å². The molecule has 5 nitrogen and oxygen atoms in total. The fourth-order valence-corrected chi connectivity index (χ4v) is 3.38. The smallest absolute Gasteiger partial charge is 0.240 e. The number of sulfonamides is 1. The Balaban J connectivity index is 1.99. The van der Waals surface area contributed by atoms with Crippen LogP contribution in [0.2, 0.25) is 0 Å². The second kappa shape index (κ2) is 8.80. The van der Waals surface area contributed by atoms with Crippen LogP contribution in [0.4, 0.5) is 10.1 Å². The van der Waals surface area contributed by atoms with Gasteiger partial charge < -0.3 is 5.32 Å². The molecule has 0 fully saturated rings. The van der Waals surface area contributed by atoms with E-state index in [1.54, 1.807) is 30.3 Å². The van der Waals surface area contributed by atoms with Crippen LogP contribution >= 0.6 is 0 Å². The summed E-state index contributed by atoms with van der Waals surface area (Å²) >= 11 is 0. The van der Waals surface area contributed by atoms with Crippen molar-refractivity contribution in [2.75, 3.05) is 23.7 Å². The molecule has 0 aliphatic heterocycles. The standard InChI is InChI=1S/C19H23FN2O3S/c1-3-15-8-10-17(11-9-15)22(26(2,24)25)14-19(23)21-13-12-16-6-4-5-7-18(16)20/h4-11H,3,12-14H2,1-2H3,(H,21,23). The predicted octanol–water partition coefficient (Wildman–Crippen LogP) is 2.51.